The summed E-state index contributed by atoms with van der Waals surface area (Å²) in [5.74, 6) is -0.495. The van der Waals surface area contributed by atoms with Gasteiger partial charge in [0.05, 0.1) is 26.4 Å². The fraction of sp³-hybridized carbons (Fsp3) is 0.0385. The van der Waals surface area contributed by atoms with Crippen molar-refractivity contribution < 1.29 is 14.5 Å². The van der Waals surface area contributed by atoms with Gasteiger partial charge in [-0.2, -0.15) is 0 Å². The zero-order valence-electron chi connectivity index (χ0n) is 18.0. The van der Waals surface area contributed by atoms with Gasteiger partial charge in [0.25, 0.3) is 17.5 Å². The average molecular weight is 498 g/mol. The van der Waals surface area contributed by atoms with Gasteiger partial charge < -0.3 is 0 Å². The molecule has 170 valence electrons. The minimum absolute atomic E-state index is 0.0416. The second-order valence-electron chi connectivity index (χ2n) is 7.96. The van der Waals surface area contributed by atoms with Gasteiger partial charge in [0.15, 0.2) is 4.34 Å². The van der Waals surface area contributed by atoms with E-state index in [1.165, 1.54) is 45.9 Å². The fourth-order valence-electron chi connectivity index (χ4n) is 4.31. The lowest BCUT2D eigenvalue weighted by Crippen LogP contribution is -2.29. The monoisotopic (exact) mass is 497 g/mol. The molecule has 5 aromatic rings. The van der Waals surface area contributed by atoms with Gasteiger partial charge in [0, 0.05) is 11.8 Å². The van der Waals surface area contributed by atoms with Crippen LogP contribution in [0.25, 0.3) is 21.0 Å². The van der Waals surface area contributed by atoms with Crippen molar-refractivity contribution >= 4 is 67.3 Å². The number of hydrogen-bond donors (Lipinski definition) is 0. The molecule has 9 heteroatoms. The van der Waals surface area contributed by atoms with Gasteiger partial charge in [-0.05, 0) is 40.6 Å². The second kappa shape index (κ2) is 8.30. The first kappa shape index (κ1) is 21.5. The lowest BCUT2D eigenvalue weighted by Gasteiger charge is -2.13. The number of carbonyl (C=O) groups is 2. The molecule has 0 saturated carbocycles. The smallest absolute Gasteiger partial charge is 0.268 e. The Morgan fingerprint density at radius 1 is 0.943 bits per heavy atom. The molecule has 1 aromatic heterocycles. The summed E-state index contributed by atoms with van der Waals surface area (Å²) in [6.07, 6.45) is 0. The maximum atomic E-state index is 13.0. The standard InChI is InChI=1S/C26H15N3O4S2/c30-24-19-9-4-10-21(29(32)33)23(19)25(31)28(24)17-11-12-20-22(13-17)35-26(27-20)34-14-16-7-3-6-15-5-1-2-8-18(15)16/h1-13H,14H2. The number of thioether (sulfide) groups is 1. The van der Waals surface area contributed by atoms with Gasteiger partial charge in [-0.1, -0.05) is 60.3 Å². The zero-order valence-corrected chi connectivity index (χ0v) is 19.6. The topological polar surface area (TPSA) is 93.4 Å². The number of aromatic nitrogens is 1. The maximum absolute atomic E-state index is 13.0. The fourth-order valence-corrected chi connectivity index (χ4v) is 6.41. The van der Waals surface area contributed by atoms with E-state index in [1.54, 1.807) is 30.0 Å². The number of carbonyl (C=O) groups excluding carboxylic acids is 2. The first-order chi connectivity index (χ1) is 17.0. The summed E-state index contributed by atoms with van der Waals surface area (Å²) in [5.41, 5.74) is 1.86. The van der Waals surface area contributed by atoms with Crippen molar-refractivity contribution in [1.82, 2.24) is 4.98 Å². The summed E-state index contributed by atoms with van der Waals surface area (Å²) in [5, 5.41) is 13.8. The van der Waals surface area contributed by atoms with Gasteiger partial charge in [0.1, 0.15) is 5.56 Å². The van der Waals surface area contributed by atoms with E-state index in [0.717, 1.165) is 25.2 Å². The van der Waals surface area contributed by atoms with Crippen LogP contribution in [0, 0.1) is 10.1 Å². The van der Waals surface area contributed by atoms with Gasteiger partial charge >= 0.3 is 0 Å². The van der Waals surface area contributed by atoms with Crippen molar-refractivity contribution in [2.75, 3.05) is 4.90 Å². The van der Waals surface area contributed by atoms with Crippen molar-refractivity contribution in [2.45, 2.75) is 10.1 Å². The number of anilines is 1. The predicted octanol–water partition coefficient (Wildman–Crippen LogP) is 6.45. The minimum atomic E-state index is -0.688. The third-order valence-corrected chi connectivity index (χ3v) is 8.14. The number of benzene rings is 4. The summed E-state index contributed by atoms with van der Waals surface area (Å²) in [7, 11) is 0. The van der Waals surface area contributed by atoms with Crippen molar-refractivity contribution in [3.63, 3.8) is 0 Å². The van der Waals surface area contributed by atoms with E-state index in [1.807, 2.05) is 12.1 Å². The van der Waals surface area contributed by atoms with Crippen LogP contribution in [0.5, 0.6) is 0 Å². The van der Waals surface area contributed by atoms with Crippen LogP contribution in [0.3, 0.4) is 0 Å². The van der Waals surface area contributed by atoms with Gasteiger partial charge in [0.2, 0.25) is 0 Å². The van der Waals surface area contributed by atoms with Crippen LogP contribution in [-0.4, -0.2) is 21.7 Å². The van der Waals surface area contributed by atoms with Crippen molar-refractivity contribution in [1.29, 1.82) is 0 Å². The summed E-state index contributed by atoms with van der Waals surface area (Å²) in [6, 6.07) is 23.8. The molecule has 0 spiro atoms. The van der Waals surface area contributed by atoms with Crippen molar-refractivity contribution in [3.8, 4) is 0 Å². The van der Waals surface area contributed by atoms with E-state index >= 15 is 0 Å². The van der Waals surface area contributed by atoms with Crippen LogP contribution >= 0.6 is 23.1 Å². The number of nitrogens with zero attached hydrogens (tertiary/aromatic N) is 3. The normalized spacial score (nSPS) is 13.1. The number of amides is 2. The Hall–Kier alpha value is -4.08. The van der Waals surface area contributed by atoms with E-state index in [9.17, 15) is 19.7 Å². The van der Waals surface area contributed by atoms with Crippen molar-refractivity contribution in [3.05, 3.63) is 106 Å². The van der Waals surface area contributed by atoms with Crippen LogP contribution in [0.4, 0.5) is 11.4 Å². The van der Waals surface area contributed by atoms with E-state index in [-0.39, 0.29) is 16.8 Å². The number of imide groups is 1. The largest absolute Gasteiger partial charge is 0.283 e. The number of nitro groups is 1. The first-order valence-electron chi connectivity index (χ1n) is 10.7. The molecule has 35 heavy (non-hydrogen) atoms. The molecule has 0 saturated heterocycles. The molecule has 6 rings (SSSR count). The highest BCUT2D eigenvalue weighted by molar-refractivity contribution is 8.00. The number of rotatable bonds is 5. The predicted molar refractivity (Wildman–Crippen MR) is 137 cm³/mol. The SMILES string of the molecule is O=C1c2cccc([N+](=O)[O-])c2C(=O)N1c1ccc2nc(SCc3cccc4ccccc34)sc2c1. The van der Waals surface area contributed by atoms with E-state index in [0.29, 0.717) is 5.69 Å². The lowest BCUT2D eigenvalue weighted by molar-refractivity contribution is -0.385. The van der Waals surface area contributed by atoms with Gasteiger partial charge in [-0.3, -0.25) is 19.7 Å². The third kappa shape index (κ3) is 3.56. The Balaban J connectivity index is 1.29. The number of hydrogen-bond acceptors (Lipinski definition) is 7. The first-order valence-corrected chi connectivity index (χ1v) is 12.5. The molecule has 2 amide bonds. The Morgan fingerprint density at radius 3 is 2.60 bits per heavy atom. The minimum Gasteiger partial charge on any atom is -0.268 e. The summed E-state index contributed by atoms with van der Waals surface area (Å²) in [6.45, 7) is 0. The van der Waals surface area contributed by atoms with Gasteiger partial charge in [-0.15, -0.1) is 11.3 Å². The second-order valence-corrected chi connectivity index (χ2v) is 10.2. The molecule has 2 heterocycles. The van der Waals surface area contributed by atoms with Gasteiger partial charge in [-0.25, -0.2) is 9.88 Å². The third-order valence-electron chi connectivity index (χ3n) is 5.93. The number of fused-ring (bicyclic) bond motifs is 3. The molecule has 0 aliphatic carbocycles. The summed E-state index contributed by atoms with van der Waals surface area (Å²) >= 11 is 3.12. The molecule has 0 atom stereocenters. The highest BCUT2D eigenvalue weighted by Crippen LogP contribution is 2.38. The Labute approximate surface area is 207 Å². The van der Waals surface area contributed by atoms with Crippen LogP contribution in [0.2, 0.25) is 0 Å². The molecule has 7 nitrogen and oxygen atoms in total. The Bertz CT molecular complexity index is 1690. The molecule has 0 radical (unpaired) electrons. The molecule has 0 unspecified atom stereocenters. The maximum Gasteiger partial charge on any atom is 0.283 e. The van der Waals surface area contributed by atoms with Crippen molar-refractivity contribution in [2.24, 2.45) is 0 Å². The molecule has 0 bridgehead atoms. The van der Waals surface area contributed by atoms with Crippen LogP contribution in [0.15, 0.2) is 83.2 Å². The highest BCUT2D eigenvalue weighted by Gasteiger charge is 2.41. The molecule has 0 fully saturated rings. The quantitative estimate of drug-likeness (QED) is 0.120. The Morgan fingerprint density at radius 2 is 1.74 bits per heavy atom. The molecule has 4 aromatic carbocycles. The Kier molecular flexibility index (Phi) is 5.09. The zero-order chi connectivity index (χ0) is 24.1. The highest BCUT2D eigenvalue weighted by atomic mass is 32.2. The van der Waals surface area contributed by atoms with E-state index in [2.05, 4.69) is 30.3 Å². The van der Waals surface area contributed by atoms with E-state index in [4.69, 9.17) is 4.98 Å². The molecule has 0 N–H and O–H groups in total. The van der Waals surface area contributed by atoms with Crippen LogP contribution in [0.1, 0.15) is 26.3 Å². The summed E-state index contributed by atoms with van der Waals surface area (Å²) < 4.78 is 1.71. The van der Waals surface area contributed by atoms with Crippen LogP contribution in [-0.2, 0) is 5.75 Å². The average Bonchev–Trinajstić information content (AvgIpc) is 3.40. The van der Waals surface area contributed by atoms with E-state index < -0.39 is 16.7 Å². The molecular weight excluding hydrogens is 482 g/mol. The van der Waals surface area contributed by atoms with Crippen LogP contribution < -0.4 is 4.90 Å². The molecular formula is C26H15N3O4S2. The summed E-state index contributed by atoms with van der Waals surface area (Å²) in [4.78, 5) is 42.4. The number of thiazole rings is 1. The molecule has 1 aliphatic rings. The lowest BCUT2D eigenvalue weighted by atomic mass is 10.1. The number of nitro benzene ring substituents is 1. The molecule has 1 aliphatic heterocycles.